The van der Waals surface area contributed by atoms with Gasteiger partial charge in [0, 0.05) is 28.9 Å². The van der Waals surface area contributed by atoms with E-state index >= 15 is 0 Å². The highest BCUT2D eigenvalue weighted by atomic mass is 35.5. The number of carbonyl (C=O) groups excluding carboxylic acids is 1. The van der Waals surface area contributed by atoms with Crippen molar-refractivity contribution in [1.82, 2.24) is 19.7 Å². The number of thiazole rings is 1. The quantitative estimate of drug-likeness (QED) is 0.250. The number of nitrogens with one attached hydrogen (secondary N) is 1. The monoisotopic (exact) mass is 481 g/mol. The van der Waals surface area contributed by atoms with Crippen LogP contribution in [0.5, 0.6) is 0 Å². The molecule has 9 heteroatoms. The van der Waals surface area contributed by atoms with Crippen LogP contribution in [0.1, 0.15) is 11.4 Å². The number of allylic oxidation sites excluding steroid dienone is 1. The first-order chi connectivity index (χ1) is 15.6. The Bertz CT molecular complexity index is 1200. The molecule has 6 nitrogen and oxygen atoms in total. The molecule has 0 aliphatic rings. The second-order valence-electron chi connectivity index (χ2n) is 6.84. The number of hydrogen-bond donors (Lipinski definition) is 1. The first kappa shape index (κ1) is 22.3. The number of rotatable bonds is 9. The molecule has 32 heavy (non-hydrogen) atoms. The van der Waals surface area contributed by atoms with Gasteiger partial charge in [0.15, 0.2) is 10.3 Å². The van der Waals surface area contributed by atoms with Crippen LogP contribution < -0.4 is 5.32 Å². The molecule has 1 amide bonds. The van der Waals surface area contributed by atoms with Gasteiger partial charge in [-0.2, -0.15) is 0 Å². The van der Waals surface area contributed by atoms with Gasteiger partial charge in [0.2, 0.25) is 5.91 Å². The summed E-state index contributed by atoms with van der Waals surface area (Å²) in [6.45, 7) is 4.41. The fourth-order valence-electron chi connectivity index (χ4n) is 3.02. The van der Waals surface area contributed by atoms with E-state index in [4.69, 9.17) is 11.6 Å². The van der Waals surface area contributed by atoms with Crippen molar-refractivity contribution in [1.29, 1.82) is 0 Å². The molecule has 0 saturated heterocycles. The van der Waals surface area contributed by atoms with Crippen LogP contribution in [0.3, 0.4) is 0 Å². The van der Waals surface area contributed by atoms with Crippen LogP contribution in [-0.2, 0) is 17.8 Å². The molecule has 0 aliphatic heterocycles. The van der Waals surface area contributed by atoms with Gasteiger partial charge in [0.1, 0.15) is 5.82 Å². The minimum absolute atomic E-state index is 0.148. The van der Waals surface area contributed by atoms with Gasteiger partial charge in [-0.25, -0.2) is 4.98 Å². The van der Waals surface area contributed by atoms with Crippen molar-refractivity contribution in [2.24, 2.45) is 0 Å². The molecule has 0 unspecified atom stereocenters. The van der Waals surface area contributed by atoms with Crippen molar-refractivity contribution in [3.63, 3.8) is 0 Å². The van der Waals surface area contributed by atoms with E-state index < -0.39 is 0 Å². The Morgan fingerprint density at radius 3 is 2.69 bits per heavy atom. The van der Waals surface area contributed by atoms with Crippen LogP contribution >= 0.6 is 34.7 Å². The summed E-state index contributed by atoms with van der Waals surface area (Å²) in [5, 5.41) is 15.3. The molecule has 0 fully saturated rings. The number of thioether (sulfide) groups is 1. The maximum Gasteiger partial charge on any atom is 0.236 e. The van der Waals surface area contributed by atoms with Gasteiger partial charge >= 0.3 is 0 Å². The van der Waals surface area contributed by atoms with E-state index in [0.717, 1.165) is 22.6 Å². The average molecular weight is 482 g/mol. The molecule has 0 bridgehead atoms. The predicted octanol–water partition coefficient (Wildman–Crippen LogP) is 5.56. The molecular formula is C23H20ClN5OS2. The summed E-state index contributed by atoms with van der Waals surface area (Å²) in [4.78, 5) is 17.0. The summed E-state index contributed by atoms with van der Waals surface area (Å²) >= 11 is 8.66. The molecular weight excluding hydrogens is 462 g/mol. The van der Waals surface area contributed by atoms with E-state index in [2.05, 4.69) is 39.2 Å². The van der Waals surface area contributed by atoms with Crippen LogP contribution in [0, 0.1) is 0 Å². The molecule has 0 atom stereocenters. The van der Waals surface area contributed by atoms with Gasteiger partial charge < -0.3 is 9.88 Å². The minimum Gasteiger partial charge on any atom is -0.302 e. The number of carbonyl (C=O) groups is 1. The smallest absolute Gasteiger partial charge is 0.236 e. The third kappa shape index (κ3) is 5.64. The summed E-state index contributed by atoms with van der Waals surface area (Å²) in [6.07, 6.45) is 2.47. The van der Waals surface area contributed by atoms with Crippen molar-refractivity contribution in [2.75, 3.05) is 11.1 Å². The van der Waals surface area contributed by atoms with Crippen molar-refractivity contribution < 1.29 is 4.79 Å². The van der Waals surface area contributed by atoms with Crippen LogP contribution in [-0.4, -0.2) is 31.4 Å². The Morgan fingerprint density at radius 1 is 1.16 bits per heavy atom. The van der Waals surface area contributed by atoms with Crippen LogP contribution in [0.25, 0.3) is 11.3 Å². The maximum absolute atomic E-state index is 12.5. The minimum atomic E-state index is -0.148. The first-order valence-electron chi connectivity index (χ1n) is 9.83. The highest BCUT2D eigenvalue weighted by molar-refractivity contribution is 7.99. The third-order valence-electron chi connectivity index (χ3n) is 4.53. The molecule has 4 rings (SSSR count). The first-order valence-corrected chi connectivity index (χ1v) is 12.1. The maximum atomic E-state index is 12.5. The van der Waals surface area contributed by atoms with Gasteiger partial charge in [-0.15, -0.1) is 28.1 Å². The fraction of sp³-hybridized carbons (Fsp3) is 0.130. The number of benzene rings is 2. The van der Waals surface area contributed by atoms with E-state index in [1.165, 1.54) is 23.1 Å². The molecule has 0 spiro atoms. The summed E-state index contributed by atoms with van der Waals surface area (Å²) in [7, 11) is 0. The van der Waals surface area contributed by atoms with Gasteiger partial charge in [-0.1, -0.05) is 71.9 Å². The van der Waals surface area contributed by atoms with Crippen molar-refractivity contribution in [3.8, 4) is 11.3 Å². The summed E-state index contributed by atoms with van der Waals surface area (Å²) < 4.78 is 1.99. The van der Waals surface area contributed by atoms with Crippen LogP contribution in [0.15, 0.2) is 77.8 Å². The van der Waals surface area contributed by atoms with Gasteiger partial charge in [-0.05, 0) is 17.7 Å². The summed E-state index contributed by atoms with van der Waals surface area (Å²) in [5.74, 6) is 0.896. The lowest BCUT2D eigenvalue weighted by Gasteiger charge is -2.07. The SMILES string of the molecule is C=CCn1c(Cc2ccccc2)nnc1SCC(=O)Nc1nc(-c2ccc(Cl)cc2)cs1. The Labute approximate surface area is 199 Å². The Morgan fingerprint density at radius 2 is 1.94 bits per heavy atom. The molecule has 0 radical (unpaired) electrons. The topological polar surface area (TPSA) is 72.7 Å². The van der Waals surface area contributed by atoms with Gasteiger partial charge in [0.05, 0.1) is 11.4 Å². The van der Waals surface area contributed by atoms with Crippen LogP contribution in [0.2, 0.25) is 5.02 Å². The molecule has 2 heterocycles. The zero-order valence-corrected chi connectivity index (χ0v) is 19.5. The van der Waals surface area contributed by atoms with E-state index in [-0.39, 0.29) is 11.7 Å². The number of hydrogen-bond acceptors (Lipinski definition) is 6. The Kier molecular flexibility index (Phi) is 7.36. The predicted molar refractivity (Wildman–Crippen MR) is 131 cm³/mol. The van der Waals surface area contributed by atoms with Crippen molar-refractivity contribution in [2.45, 2.75) is 18.1 Å². The lowest BCUT2D eigenvalue weighted by molar-refractivity contribution is -0.113. The Balaban J connectivity index is 1.37. The van der Waals surface area contributed by atoms with Gasteiger partial charge in [0.25, 0.3) is 0 Å². The number of nitrogens with zero attached hydrogens (tertiary/aromatic N) is 4. The largest absolute Gasteiger partial charge is 0.302 e. The highest BCUT2D eigenvalue weighted by Gasteiger charge is 2.15. The number of anilines is 1. The second kappa shape index (κ2) is 10.6. The standard InChI is InChI=1S/C23H20ClN5OS2/c1-2-12-29-20(13-16-6-4-3-5-7-16)27-28-23(29)32-15-21(30)26-22-25-19(14-31-22)17-8-10-18(24)11-9-17/h2-11,14H,1,12-13,15H2,(H,25,26,30). The Hall–Kier alpha value is -2.94. The lowest BCUT2D eigenvalue weighted by Crippen LogP contribution is -2.14. The summed E-state index contributed by atoms with van der Waals surface area (Å²) in [5.41, 5.74) is 2.90. The molecule has 4 aromatic rings. The van der Waals surface area contributed by atoms with Gasteiger partial charge in [-0.3, -0.25) is 4.79 Å². The normalized spacial score (nSPS) is 10.8. The van der Waals surface area contributed by atoms with E-state index in [1.807, 2.05) is 52.4 Å². The van der Waals surface area contributed by atoms with Crippen LogP contribution in [0.4, 0.5) is 5.13 Å². The zero-order chi connectivity index (χ0) is 22.3. The number of amides is 1. The van der Waals surface area contributed by atoms with E-state index in [9.17, 15) is 4.79 Å². The number of halogens is 1. The molecule has 2 aromatic carbocycles. The highest BCUT2D eigenvalue weighted by Crippen LogP contribution is 2.26. The lowest BCUT2D eigenvalue weighted by atomic mass is 10.1. The van der Waals surface area contributed by atoms with Crippen molar-refractivity contribution in [3.05, 3.63) is 89.0 Å². The van der Waals surface area contributed by atoms with E-state index in [1.54, 1.807) is 6.08 Å². The molecule has 162 valence electrons. The molecule has 1 N–H and O–H groups in total. The second-order valence-corrected chi connectivity index (χ2v) is 9.08. The van der Waals surface area contributed by atoms with E-state index in [0.29, 0.717) is 28.3 Å². The average Bonchev–Trinajstić information content (AvgIpc) is 3.41. The van der Waals surface area contributed by atoms with Crippen molar-refractivity contribution >= 4 is 45.7 Å². The fourth-order valence-corrected chi connectivity index (χ4v) is 4.65. The number of aromatic nitrogens is 4. The third-order valence-corrected chi connectivity index (χ3v) is 6.51. The molecule has 0 saturated carbocycles. The molecule has 2 aromatic heterocycles. The zero-order valence-electron chi connectivity index (χ0n) is 17.1. The summed E-state index contributed by atoms with van der Waals surface area (Å²) in [6, 6.07) is 17.5. The molecule has 0 aliphatic carbocycles.